The third-order valence-electron chi connectivity index (χ3n) is 2.71. The molecule has 0 bridgehead atoms. The summed E-state index contributed by atoms with van der Waals surface area (Å²) in [6.45, 7) is 2.93. The van der Waals surface area contributed by atoms with Gasteiger partial charge in [-0.3, -0.25) is 0 Å². The van der Waals surface area contributed by atoms with E-state index in [1.165, 1.54) is 5.56 Å². The van der Waals surface area contributed by atoms with E-state index in [4.69, 9.17) is 11.2 Å². The smallest absolute Gasteiger partial charge is 0.147 e. The van der Waals surface area contributed by atoms with Gasteiger partial charge in [-0.05, 0) is 56.0 Å². The molecule has 1 N–H and O–H groups in total. The average Bonchev–Trinajstić information content (AvgIpc) is 2.34. The Bertz CT molecular complexity index is 417. The molecule has 0 heterocycles. The molecule has 18 heavy (non-hydrogen) atoms. The lowest BCUT2D eigenvalue weighted by atomic mass is 10.1. The van der Waals surface area contributed by atoms with Gasteiger partial charge in [0.1, 0.15) is 5.75 Å². The van der Waals surface area contributed by atoms with Crippen LogP contribution in [-0.4, -0.2) is 13.2 Å². The van der Waals surface area contributed by atoms with Crippen LogP contribution in [0.3, 0.4) is 0 Å². The van der Waals surface area contributed by atoms with Crippen molar-refractivity contribution in [3.8, 4) is 18.1 Å². The molecule has 0 aliphatic carbocycles. The molecular weight excluding hydrogens is 358 g/mol. The summed E-state index contributed by atoms with van der Waals surface area (Å²) in [6.07, 6.45) is 7.13. The van der Waals surface area contributed by atoms with Gasteiger partial charge in [0.25, 0.3) is 0 Å². The maximum atomic E-state index is 5.34. The first-order chi connectivity index (χ1) is 8.62. The zero-order valence-corrected chi connectivity index (χ0v) is 13.8. The molecule has 2 nitrogen and oxygen atoms in total. The molecule has 0 spiro atoms. The first-order valence-electron chi connectivity index (χ1n) is 5.81. The predicted molar refractivity (Wildman–Crippen MR) is 82.8 cm³/mol. The van der Waals surface area contributed by atoms with Gasteiger partial charge in [0.2, 0.25) is 0 Å². The van der Waals surface area contributed by atoms with Crippen LogP contribution >= 0.6 is 31.9 Å². The second kappa shape index (κ2) is 7.83. The van der Waals surface area contributed by atoms with E-state index in [-0.39, 0.29) is 0 Å². The van der Waals surface area contributed by atoms with Crippen molar-refractivity contribution in [2.24, 2.45) is 0 Å². The minimum Gasteiger partial charge on any atom is -0.494 e. The number of benzene rings is 1. The van der Waals surface area contributed by atoms with Gasteiger partial charge in [-0.1, -0.05) is 6.92 Å². The summed E-state index contributed by atoms with van der Waals surface area (Å²) in [7, 11) is 1.66. The summed E-state index contributed by atoms with van der Waals surface area (Å²) in [5, 5.41) is 3.45. The van der Waals surface area contributed by atoms with Crippen LogP contribution in [0.2, 0.25) is 0 Å². The highest BCUT2D eigenvalue weighted by atomic mass is 79.9. The van der Waals surface area contributed by atoms with Gasteiger partial charge in [0.15, 0.2) is 0 Å². The van der Waals surface area contributed by atoms with Crippen molar-refractivity contribution < 1.29 is 4.74 Å². The van der Waals surface area contributed by atoms with Gasteiger partial charge in [-0.25, -0.2) is 0 Å². The highest BCUT2D eigenvalue weighted by molar-refractivity contribution is 9.11. The van der Waals surface area contributed by atoms with Crippen molar-refractivity contribution in [2.45, 2.75) is 32.4 Å². The van der Waals surface area contributed by atoms with Crippen molar-refractivity contribution in [2.75, 3.05) is 7.11 Å². The van der Waals surface area contributed by atoms with Gasteiger partial charge < -0.3 is 10.1 Å². The van der Waals surface area contributed by atoms with Crippen LogP contribution in [0.1, 0.15) is 25.3 Å². The molecule has 1 rings (SSSR count). The topological polar surface area (TPSA) is 21.3 Å². The lowest BCUT2D eigenvalue weighted by molar-refractivity contribution is 0.409. The summed E-state index contributed by atoms with van der Waals surface area (Å²) in [6, 6.07) is 4.48. The molecule has 0 radical (unpaired) electrons. The van der Waals surface area contributed by atoms with E-state index < -0.39 is 0 Å². The summed E-state index contributed by atoms with van der Waals surface area (Å²) in [5.41, 5.74) is 1.19. The van der Waals surface area contributed by atoms with E-state index in [1.54, 1.807) is 7.11 Å². The summed E-state index contributed by atoms with van der Waals surface area (Å²) < 4.78 is 7.17. The Balaban J connectivity index is 2.71. The summed E-state index contributed by atoms with van der Waals surface area (Å²) in [5.74, 6) is 3.51. The SMILES string of the molecule is C#CCC(CC)NCc1cc(Br)c(OC)c(Br)c1. The van der Waals surface area contributed by atoms with Gasteiger partial charge in [0, 0.05) is 19.0 Å². The fraction of sp³-hybridized carbons (Fsp3) is 0.429. The first kappa shape index (κ1) is 15.6. The third-order valence-corrected chi connectivity index (χ3v) is 3.89. The van der Waals surface area contributed by atoms with Crippen LogP contribution in [0.25, 0.3) is 0 Å². The van der Waals surface area contributed by atoms with Crippen LogP contribution in [0, 0.1) is 12.3 Å². The Morgan fingerprint density at radius 1 is 1.39 bits per heavy atom. The van der Waals surface area contributed by atoms with Gasteiger partial charge in [-0.15, -0.1) is 12.3 Å². The fourth-order valence-corrected chi connectivity index (χ4v) is 3.28. The van der Waals surface area contributed by atoms with E-state index in [0.717, 1.165) is 34.1 Å². The van der Waals surface area contributed by atoms with E-state index in [2.05, 4.69) is 62.2 Å². The highest BCUT2D eigenvalue weighted by Gasteiger charge is 2.09. The minimum absolute atomic E-state index is 0.370. The maximum Gasteiger partial charge on any atom is 0.147 e. The number of terminal acetylenes is 1. The van der Waals surface area contributed by atoms with Crippen LogP contribution in [0.15, 0.2) is 21.1 Å². The number of hydrogen-bond donors (Lipinski definition) is 1. The molecule has 98 valence electrons. The number of methoxy groups -OCH3 is 1. The number of nitrogens with one attached hydrogen (secondary N) is 1. The van der Waals surface area contributed by atoms with Crippen molar-refractivity contribution in [1.29, 1.82) is 0 Å². The zero-order valence-electron chi connectivity index (χ0n) is 10.6. The van der Waals surface area contributed by atoms with E-state index in [0.29, 0.717) is 6.04 Å². The molecule has 0 aliphatic heterocycles. The maximum absolute atomic E-state index is 5.34. The average molecular weight is 375 g/mol. The van der Waals surface area contributed by atoms with Gasteiger partial charge in [-0.2, -0.15) is 0 Å². The van der Waals surface area contributed by atoms with Crippen molar-refractivity contribution in [3.63, 3.8) is 0 Å². The predicted octanol–water partition coefficient (Wildman–Crippen LogP) is 4.11. The Morgan fingerprint density at radius 3 is 2.44 bits per heavy atom. The number of hydrogen-bond acceptors (Lipinski definition) is 2. The largest absolute Gasteiger partial charge is 0.494 e. The van der Waals surface area contributed by atoms with Crippen molar-refractivity contribution in [1.82, 2.24) is 5.32 Å². The van der Waals surface area contributed by atoms with Crippen LogP contribution in [0.5, 0.6) is 5.75 Å². The van der Waals surface area contributed by atoms with Crippen molar-refractivity contribution >= 4 is 31.9 Å². The fourth-order valence-electron chi connectivity index (χ4n) is 1.67. The first-order valence-corrected chi connectivity index (χ1v) is 7.39. The van der Waals surface area contributed by atoms with Gasteiger partial charge >= 0.3 is 0 Å². The molecule has 0 fully saturated rings. The molecule has 1 aromatic carbocycles. The number of halogens is 2. The summed E-state index contributed by atoms with van der Waals surface area (Å²) >= 11 is 7.00. The van der Waals surface area contributed by atoms with E-state index in [1.807, 2.05) is 0 Å². The molecule has 0 saturated carbocycles. The monoisotopic (exact) mass is 373 g/mol. The van der Waals surface area contributed by atoms with Crippen LogP contribution < -0.4 is 10.1 Å². The molecule has 0 saturated heterocycles. The van der Waals surface area contributed by atoms with Crippen molar-refractivity contribution in [3.05, 3.63) is 26.6 Å². The third kappa shape index (κ3) is 4.31. The van der Waals surface area contributed by atoms with E-state index in [9.17, 15) is 0 Å². The quantitative estimate of drug-likeness (QED) is 0.756. The van der Waals surface area contributed by atoms with Gasteiger partial charge in [0.05, 0.1) is 16.1 Å². The van der Waals surface area contributed by atoms with E-state index >= 15 is 0 Å². The van der Waals surface area contributed by atoms with Crippen LogP contribution in [-0.2, 0) is 6.54 Å². The molecule has 4 heteroatoms. The number of rotatable bonds is 6. The molecule has 1 atom stereocenters. The summed E-state index contributed by atoms with van der Waals surface area (Å²) in [4.78, 5) is 0. The lowest BCUT2D eigenvalue weighted by Crippen LogP contribution is -2.27. The molecule has 0 aliphatic rings. The second-order valence-corrected chi connectivity index (χ2v) is 5.70. The second-order valence-electron chi connectivity index (χ2n) is 3.99. The highest BCUT2D eigenvalue weighted by Crippen LogP contribution is 2.34. The standard InChI is InChI=1S/C14H17Br2NO/c1-4-6-11(5-2)17-9-10-7-12(15)14(18-3)13(16)8-10/h1,7-8,11,17H,5-6,9H2,2-3H3. The Morgan fingerprint density at radius 2 is 2.00 bits per heavy atom. The molecule has 1 unspecified atom stereocenters. The molecular formula is C14H17Br2NO. The normalized spacial score (nSPS) is 11.9. The zero-order chi connectivity index (χ0) is 13.5. The molecule has 0 aromatic heterocycles. The minimum atomic E-state index is 0.370. The Kier molecular flexibility index (Phi) is 6.77. The van der Waals surface area contributed by atoms with Crippen LogP contribution in [0.4, 0.5) is 0 Å². The molecule has 0 amide bonds. The molecule has 1 aromatic rings. The Labute approximate surface area is 126 Å². The lowest BCUT2D eigenvalue weighted by Gasteiger charge is -2.15. The Hall–Kier alpha value is -0.500. The number of ether oxygens (including phenoxy) is 1.